The molecule has 2 heterocycles. The summed E-state index contributed by atoms with van der Waals surface area (Å²) >= 11 is 0. The van der Waals surface area contributed by atoms with Crippen LogP contribution >= 0.6 is 0 Å². The molecule has 0 unspecified atom stereocenters. The van der Waals surface area contributed by atoms with Crippen molar-refractivity contribution in [3.05, 3.63) is 70.8 Å². The Morgan fingerprint density at radius 2 is 1.96 bits per heavy atom. The number of benzene rings is 2. The zero-order valence-corrected chi connectivity index (χ0v) is 15.1. The summed E-state index contributed by atoms with van der Waals surface area (Å²) in [4.78, 5) is 40.5. The third-order valence-electron chi connectivity index (χ3n) is 5.30. The molecule has 1 saturated heterocycles. The highest BCUT2D eigenvalue weighted by atomic mass is 16.2. The van der Waals surface area contributed by atoms with Gasteiger partial charge in [-0.3, -0.25) is 14.5 Å². The second kappa shape index (κ2) is 6.87. The van der Waals surface area contributed by atoms with Gasteiger partial charge in [0.05, 0.1) is 0 Å². The molecule has 0 aromatic heterocycles. The molecule has 1 fully saturated rings. The van der Waals surface area contributed by atoms with Gasteiger partial charge in [0.25, 0.3) is 11.8 Å². The molecule has 6 nitrogen and oxygen atoms in total. The average Bonchev–Trinajstić information content (AvgIpc) is 2.96. The molecule has 2 aromatic rings. The van der Waals surface area contributed by atoms with Crippen LogP contribution in [0.15, 0.2) is 48.5 Å². The number of carbonyl (C=O) groups excluding carboxylic acids is 3. The molecule has 2 aliphatic heterocycles. The van der Waals surface area contributed by atoms with Crippen molar-refractivity contribution in [3.63, 3.8) is 0 Å². The van der Waals surface area contributed by atoms with Gasteiger partial charge >= 0.3 is 6.03 Å². The van der Waals surface area contributed by atoms with E-state index in [4.69, 9.17) is 0 Å². The van der Waals surface area contributed by atoms with Crippen molar-refractivity contribution in [1.82, 2.24) is 15.1 Å². The van der Waals surface area contributed by atoms with Gasteiger partial charge in [0, 0.05) is 25.7 Å². The minimum absolute atomic E-state index is 0.154. The molecule has 1 N–H and O–H groups in total. The SMILES string of the molecule is CNC(=O)c1cccc(CCN2C(=O)[C@@H]3c4ccccc4CCN3C2=O)c1. The zero-order valence-electron chi connectivity index (χ0n) is 15.1. The lowest BCUT2D eigenvalue weighted by Crippen LogP contribution is -2.37. The van der Waals surface area contributed by atoms with Crippen molar-refractivity contribution in [2.75, 3.05) is 20.1 Å². The molecule has 6 heteroatoms. The summed E-state index contributed by atoms with van der Waals surface area (Å²) < 4.78 is 0. The minimum Gasteiger partial charge on any atom is -0.355 e. The highest BCUT2D eigenvalue weighted by Crippen LogP contribution is 2.36. The van der Waals surface area contributed by atoms with E-state index in [-0.39, 0.29) is 17.8 Å². The van der Waals surface area contributed by atoms with E-state index in [1.165, 1.54) is 4.90 Å². The predicted octanol–water partition coefficient (Wildman–Crippen LogP) is 2.15. The van der Waals surface area contributed by atoms with Gasteiger partial charge in [-0.15, -0.1) is 0 Å². The Hall–Kier alpha value is -3.15. The van der Waals surface area contributed by atoms with Crippen LogP contribution in [-0.4, -0.2) is 47.8 Å². The number of hydrogen-bond donors (Lipinski definition) is 1. The van der Waals surface area contributed by atoms with Crippen LogP contribution in [0.25, 0.3) is 0 Å². The Morgan fingerprint density at radius 1 is 1.15 bits per heavy atom. The summed E-state index contributed by atoms with van der Waals surface area (Å²) in [5.41, 5.74) is 3.56. The highest BCUT2D eigenvalue weighted by Gasteiger charge is 2.47. The molecule has 138 valence electrons. The first-order valence-corrected chi connectivity index (χ1v) is 9.11. The topological polar surface area (TPSA) is 69.7 Å². The van der Waals surface area contributed by atoms with Crippen LogP contribution in [0.1, 0.15) is 33.1 Å². The molecule has 4 rings (SSSR count). The van der Waals surface area contributed by atoms with E-state index in [0.717, 1.165) is 23.1 Å². The maximum Gasteiger partial charge on any atom is 0.327 e. The predicted molar refractivity (Wildman–Crippen MR) is 100 cm³/mol. The third-order valence-corrected chi connectivity index (χ3v) is 5.30. The lowest BCUT2D eigenvalue weighted by Gasteiger charge is -2.28. The fourth-order valence-corrected chi connectivity index (χ4v) is 3.90. The summed E-state index contributed by atoms with van der Waals surface area (Å²) in [6, 6.07) is 14.4. The summed E-state index contributed by atoms with van der Waals surface area (Å²) in [6.07, 6.45) is 1.29. The van der Waals surface area contributed by atoms with Gasteiger partial charge in [0.15, 0.2) is 0 Å². The molecule has 4 amide bonds. The fraction of sp³-hybridized carbons (Fsp3) is 0.286. The number of nitrogens with one attached hydrogen (secondary N) is 1. The second-order valence-corrected chi connectivity index (χ2v) is 6.85. The monoisotopic (exact) mass is 363 g/mol. The number of hydrogen-bond acceptors (Lipinski definition) is 3. The van der Waals surface area contributed by atoms with E-state index < -0.39 is 6.04 Å². The van der Waals surface area contributed by atoms with Gasteiger partial charge in [-0.05, 0) is 41.7 Å². The van der Waals surface area contributed by atoms with E-state index in [1.54, 1.807) is 24.1 Å². The Kier molecular flexibility index (Phi) is 4.39. The molecule has 0 saturated carbocycles. The van der Waals surface area contributed by atoms with Crippen LogP contribution in [0.2, 0.25) is 0 Å². The molecule has 0 radical (unpaired) electrons. The molecule has 2 aromatic carbocycles. The summed E-state index contributed by atoms with van der Waals surface area (Å²) in [7, 11) is 1.59. The summed E-state index contributed by atoms with van der Waals surface area (Å²) in [6.45, 7) is 0.874. The Labute approximate surface area is 157 Å². The van der Waals surface area contributed by atoms with Crippen molar-refractivity contribution in [2.45, 2.75) is 18.9 Å². The van der Waals surface area contributed by atoms with Gasteiger partial charge < -0.3 is 10.2 Å². The van der Waals surface area contributed by atoms with E-state index in [0.29, 0.717) is 25.1 Å². The number of urea groups is 1. The van der Waals surface area contributed by atoms with Crippen LogP contribution in [-0.2, 0) is 17.6 Å². The van der Waals surface area contributed by atoms with Crippen molar-refractivity contribution in [2.24, 2.45) is 0 Å². The van der Waals surface area contributed by atoms with E-state index in [2.05, 4.69) is 5.32 Å². The van der Waals surface area contributed by atoms with Gasteiger partial charge in [0.1, 0.15) is 6.04 Å². The molecule has 0 bridgehead atoms. The quantitative estimate of drug-likeness (QED) is 0.847. The smallest absolute Gasteiger partial charge is 0.327 e. The molecule has 27 heavy (non-hydrogen) atoms. The second-order valence-electron chi connectivity index (χ2n) is 6.85. The highest BCUT2D eigenvalue weighted by molar-refractivity contribution is 6.05. The van der Waals surface area contributed by atoms with Crippen molar-refractivity contribution in [1.29, 1.82) is 0 Å². The molecule has 0 spiro atoms. The van der Waals surface area contributed by atoms with Gasteiger partial charge in [-0.25, -0.2) is 4.79 Å². The van der Waals surface area contributed by atoms with Crippen LogP contribution in [0, 0.1) is 0 Å². The maximum atomic E-state index is 13.0. The lowest BCUT2D eigenvalue weighted by molar-refractivity contribution is -0.128. The number of imide groups is 1. The summed E-state index contributed by atoms with van der Waals surface area (Å²) in [5, 5.41) is 2.60. The van der Waals surface area contributed by atoms with E-state index in [1.807, 2.05) is 36.4 Å². The fourth-order valence-electron chi connectivity index (χ4n) is 3.90. The Balaban J connectivity index is 1.52. The van der Waals surface area contributed by atoms with Gasteiger partial charge in [0.2, 0.25) is 0 Å². The zero-order chi connectivity index (χ0) is 19.0. The van der Waals surface area contributed by atoms with Crippen molar-refractivity contribution < 1.29 is 14.4 Å². The van der Waals surface area contributed by atoms with Crippen molar-refractivity contribution >= 4 is 17.8 Å². The van der Waals surface area contributed by atoms with Gasteiger partial charge in [-0.2, -0.15) is 0 Å². The van der Waals surface area contributed by atoms with E-state index in [9.17, 15) is 14.4 Å². The first-order chi connectivity index (χ1) is 13.1. The van der Waals surface area contributed by atoms with E-state index >= 15 is 0 Å². The lowest BCUT2D eigenvalue weighted by atomic mass is 9.93. The number of rotatable bonds is 4. The third kappa shape index (κ3) is 2.97. The van der Waals surface area contributed by atoms with Crippen molar-refractivity contribution in [3.8, 4) is 0 Å². The normalized spacial score (nSPS) is 18.3. The first-order valence-electron chi connectivity index (χ1n) is 9.11. The van der Waals surface area contributed by atoms with Crippen LogP contribution in [0.3, 0.4) is 0 Å². The van der Waals surface area contributed by atoms with Gasteiger partial charge in [-0.1, -0.05) is 36.4 Å². The van der Waals surface area contributed by atoms with Crippen LogP contribution in [0.4, 0.5) is 4.79 Å². The maximum absolute atomic E-state index is 13.0. The number of carbonyl (C=O) groups is 3. The average molecular weight is 363 g/mol. The minimum atomic E-state index is -0.500. The summed E-state index contributed by atoms with van der Waals surface area (Å²) in [5.74, 6) is -0.312. The van der Waals surface area contributed by atoms with Crippen LogP contribution < -0.4 is 5.32 Å². The molecule has 0 aliphatic carbocycles. The number of fused-ring (bicyclic) bond motifs is 3. The number of nitrogens with zero attached hydrogens (tertiary/aromatic N) is 2. The standard InChI is InChI=1S/C21H21N3O3/c1-22-19(25)16-7-4-5-14(13-16)9-11-24-20(26)18-17-8-3-2-6-15(17)10-12-23(18)21(24)27/h2-8,13,18H,9-12H2,1H3,(H,22,25)/t18-/m0/s1. The van der Waals surface area contributed by atoms with Crippen LogP contribution in [0.5, 0.6) is 0 Å². The largest absolute Gasteiger partial charge is 0.355 e. The molecular formula is C21H21N3O3. The first kappa shape index (κ1) is 17.3. The molecule has 2 aliphatic rings. The Bertz CT molecular complexity index is 924. The Morgan fingerprint density at radius 3 is 2.78 bits per heavy atom. The number of amides is 4. The molecule has 1 atom stereocenters. The molecular weight excluding hydrogens is 342 g/mol.